The molecule has 124 valence electrons. The summed E-state index contributed by atoms with van der Waals surface area (Å²) in [7, 11) is 0. The molecule has 0 aliphatic heterocycles. The van der Waals surface area contributed by atoms with Crippen molar-refractivity contribution in [2.75, 3.05) is 5.32 Å². The van der Waals surface area contributed by atoms with Crippen molar-refractivity contribution < 1.29 is 31.1 Å². The quantitative estimate of drug-likeness (QED) is 0.853. The first-order chi connectivity index (χ1) is 10.6. The van der Waals surface area contributed by atoms with Gasteiger partial charge in [-0.25, -0.2) is 0 Å². The van der Waals surface area contributed by atoms with E-state index in [1.807, 2.05) is 0 Å². The van der Waals surface area contributed by atoms with Gasteiger partial charge in [0.1, 0.15) is 0 Å². The number of aromatic nitrogens is 2. The van der Waals surface area contributed by atoms with Crippen LogP contribution in [0.1, 0.15) is 16.1 Å². The van der Waals surface area contributed by atoms with E-state index < -0.39 is 35.3 Å². The van der Waals surface area contributed by atoms with E-state index in [0.29, 0.717) is 0 Å². The molecule has 0 saturated heterocycles. The van der Waals surface area contributed by atoms with Crippen LogP contribution in [-0.4, -0.2) is 16.1 Å². The number of hydrogen-bond donors (Lipinski definition) is 1. The Bertz CT molecular complexity index is 709. The van der Waals surface area contributed by atoms with Crippen molar-refractivity contribution in [1.82, 2.24) is 10.2 Å². The van der Waals surface area contributed by atoms with Gasteiger partial charge in [0.15, 0.2) is 0 Å². The third-order valence-corrected chi connectivity index (χ3v) is 3.42. The Labute approximate surface area is 129 Å². The minimum atomic E-state index is -4.68. The Morgan fingerprint density at radius 2 is 1.78 bits per heavy atom. The number of anilines is 1. The molecule has 0 fully saturated rings. The molecule has 1 N–H and O–H groups in total. The van der Waals surface area contributed by atoms with Gasteiger partial charge in [-0.15, -0.1) is 10.2 Å². The van der Waals surface area contributed by atoms with Gasteiger partial charge in [-0.05, 0) is 11.6 Å². The van der Waals surface area contributed by atoms with Crippen LogP contribution in [0.15, 0.2) is 24.3 Å². The van der Waals surface area contributed by atoms with Crippen LogP contribution in [-0.2, 0) is 23.6 Å². The first-order valence-corrected chi connectivity index (χ1v) is 6.74. The Balaban J connectivity index is 2.04. The second kappa shape index (κ2) is 6.14. The molecule has 4 nitrogen and oxygen atoms in total. The predicted molar refractivity (Wildman–Crippen MR) is 68.7 cm³/mol. The number of amides is 1. The zero-order chi connectivity index (χ0) is 17.3. The second-order valence-corrected chi connectivity index (χ2v) is 5.31. The topological polar surface area (TPSA) is 54.9 Å². The van der Waals surface area contributed by atoms with Crippen molar-refractivity contribution in [2.45, 2.75) is 18.8 Å². The summed E-state index contributed by atoms with van der Waals surface area (Å²) in [6, 6.07) is 4.08. The van der Waals surface area contributed by atoms with Crippen molar-refractivity contribution in [3.63, 3.8) is 0 Å². The third kappa shape index (κ3) is 4.65. The summed E-state index contributed by atoms with van der Waals surface area (Å²) in [5, 5.41) is 6.49. The Kier molecular flexibility index (Phi) is 4.59. The normalized spacial score (nSPS) is 12.3. The number of rotatable bonds is 3. The summed E-state index contributed by atoms with van der Waals surface area (Å²) in [6.07, 6.45) is -9.67. The maximum absolute atomic E-state index is 12.5. The molecule has 0 atom stereocenters. The van der Waals surface area contributed by atoms with Gasteiger partial charge in [0.2, 0.25) is 16.0 Å². The first kappa shape index (κ1) is 17.2. The fraction of sp³-hybridized carbons (Fsp3) is 0.250. The number of benzene rings is 1. The number of carbonyl (C=O) groups is 1. The maximum Gasteiger partial charge on any atom is 0.445 e. The molecule has 0 unspecified atom stereocenters. The average Bonchev–Trinajstić information content (AvgIpc) is 2.86. The maximum atomic E-state index is 12.5. The lowest BCUT2D eigenvalue weighted by Crippen LogP contribution is -2.15. The molecule has 2 aromatic rings. The molecule has 0 radical (unpaired) electrons. The van der Waals surface area contributed by atoms with E-state index in [4.69, 9.17) is 0 Å². The van der Waals surface area contributed by atoms with E-state index in [9.17, 15) is 31.1 Å². The molecule has 0 aliphatic carbocycles. The molecule has 11 heteroatoms. The number of nitrogens with zero attached hydrogens (tertiary/aromatic N) is 2. The lowest BCUT2D eigenvalue weighted by atomic mass is 10.1. The molecule has 1 aromatic carbocycles. The minimum Gasteiger partial charge on any atom is -0.300 e. The zero-order valence-corrected chi connectivity index (χ0v) is 11.8. The van der Waals surface area contributed by atoms with Gasteiger partial charge in [0.05, 0.1) is 12.0 Å². The average molecular weight is 355 g/mol. The summed E-state index contributed by atoms with van der Waals surface area (Å²) in [4.78, 5) is 11.7. The highest BCUT2D eigenvalue weighted by Gasteiger charge is 2.36. The van der Waals surface area contributed by atoms with Crippen LogP contribution in [0.4, 0.5) is 31.5 Å². The van der Waals surface area contributed by atoms with E-state index in [-0.39, 0.29) is 22.0 Å². The SMILES string of the molecule is O=C(Cc1cccc(C(F)(F)F)c1)Nc1nnc(C(F)(F)F)s1. The van der Waals surface area contributed by atoms with Gasteiger partial charge in [0.25, 0.3) is 0 Å². The van der Waals surface area contributed by atoms with Gasteiger partial charge in [0, 0.05) is 0 Å². The molecular formula is C12H7F6N3OS. The van der Waals surface area contributed by atoms with Crippen molar-refractivity contribution in [1.29, 1.82) is 0 Å². The molecular weight excluding hydrogens is 348 g/mol. The van der Waals surface area contributed by atoms with E-state index in [1.54, 1.807) is 0 Å². The molecule has 1 aromatic heterocycles. The predicted octanol–water partition coefficient (Wildman–Crippen LogP) is 3.76. The molecule has 2 rings (SSSR count). The Morgan fingerprint density at radius 1 is 1.09 bits per heavy atom. The Hall–Kier alpha value is -2.17. The van der Waals surface area contributed by atoms with Gasteiger partial charge >= 0.3 is 12.4 Å². The highest BCUT2D eigenvalue weighted by molar-refractivity contribution is 7.15. The summed E-state index contributed by atoms with van der Waals surface area (Å²) >= 11 is 0.127. The summed E-state index contributed by atoms with van der Waals surface area (Å²) in [5.74, 6) is -0.797. The number of alkyl halides is 6. The fourth-order valence-corrected chi connectivity index (χ4v) is 2.22. The van der Waals surface area contributed by atoms with Crippen molar-refractivity contribution in [2.24, 2.45) is 0 Å². The highest BCUT2D eigenvalue weighted by atomic mass is 32.1. The number of carbonyl (C=O) groups excluding carboxylic acids is 1. The van der Waals surface area contributed by atoms with Gasteiger partial charge in [-0.1, -0.05) is 29.5 Å². The monoisotopic (exact) mass is 355 g/mol. The van der Waals surface area contributed by atoms with Crippen molar-refractivity contribution in [3.8, 4) is 0 Å². The molecule has 1 heterocycles. The summed E-state index contributed by atoms with van der Waals surface area (Å²) < 4.78 is 74.6. The summed E-state index contributed by atoms with van der Waals surface area (Å²) in [5.41, 5.74) is -0.851. The smallest absolute Gasteiger partial charge is 0.300 e. The Morgan fingerprint density at radius 3 is 2.35 bits per heavy atom. The standard InChI is InChI=1S/C12H7F6N3OS/c13-11(14,15)7-3-1-2-6(4-7)5-8(22)19-10-21-20-9(23-10)12(16,17)18/h1-4H,5H2,(H,19,21,22). The van der Waals surface area contributed by atoms with Crippen molar-refractivity contribution in [3.05, 3.63) is 40.4 Å². The molecule has 0 spiro atoms. The van der Waals surface area contributed by atoms with Crippen LogP contribution in [0.2, 0.25) is 0 Å². The van der Waals surface area contributed by atoms with E-state index in [2.05, 4.69) is 15.5 Å². The van der Waals surface area contributed by atoms with Crippen LogP contribution in [0.25, 0.3) is 0 Å². The minimum absolute atomic E-state index is 0.0675. The summed E-state index contributed by atoms with van der Waals surface area (Å²) in [6.45, 7) is 0. The molecule has 0 aliphatic rings. The number of nitrogens with one attached hydrogen (secondary N) is 1. The van der Waals surface area contributed by atoms with Gasteiger partial charge in [-0.2, -0.15) is 26.3 Å². The lowest BCUT2D eigenvalue weighted by molar-refractivity contribution is -0.138. The van der Waals surface area contributed by atoms with Crippen LogP contribution < -0.4 is 5.32 Å². The van der Waals surface area contributed by atoms with Gasteiger partial charge < -0.3 is 5.32 Å². The van der Waals surface area contributed by atoms with E-state index >= 15 is 0 Å². The number of hydrogen-bond acceptors (Lipinski definition) is 4. The zero-order valence-electron chi connectivity index (χ0n) is 11.0. The van der Waals surface area contributed by atoms with E-state index in [1.165, 1.54) is 6.07 Å². The molecule has 0 bridgehead atoms. The van der Waals surface area contributed by atoms with Gasteiger partial charge in [-0.3, -0.25) is 4.79 Å². The fourth-order valence-electron chi connectivity index (χ4n) is 1.59. The van der Waals surface area contributed by atoms with Crippen LogP contribution in [0, 0.1) is 0 Å². The lowest BCUT2D eigenvalue weighted by Gasteiger charge is -2.08. The number of halogens is 6. The van der Waals surface area contributed by atoms with Crippen LogP contribution in [0.5, 0.6) is 0 Å². The van der Waals surface area contributed by atoms with Crippen molar-refractivity contribution >= 4 is 22.4 Å². The largest absolute Gasteiger partial charge is 0.445 e. The molecule has 23 heavy (non-hydrogen) atoms. The van der Waals surface area contributed by atoms with Crippen LogP contribution in [0.3, 0.4) is 0 Å². The molecule has 1 amide bonds. The molecule has 0 saturated carbocycles. The van der Waals surface area contributed by atoms with Crippen LogP contribution >= 0.6 is 11.3 Å². The van der Waals surface area contributed by atoms with E-state index in [0.717, 1.165) is 18.2 Å². The highest BCUT2D eigenvalue weighted by Crippen LogP contribution is 2.33. The first-order valence-electron chi connectivity index (χ1n) is 5.92. The second-order valence-electron chi connectivity index (χ2n) is 4.33. The third-order valence-electron chi connectivity index (χ3n) is 2.53.